The van der Waals surface area contributed by atoms with Crippen LogP contribution in [0.15, 0.2) is 0 Å². The Labute approximate surface area is 53.0 Å². The summed E-state index contributed by atoms with van der Waals surface area (Å²) in [6.45, 7) is 5.74. The quantitative estimate of drug-likeness (QED) is 0.318. The van der Waals surface area contributed by atoms with Crippen LogP contribution >= 0.6 is 12.0 Å². The highest BCUT2D eigenvalue weighted by Gasteiger charge is 2.10. The van der Waals surface area contributed by atoms with Crippen LogP contribution in [0.2, 0.25) is 0 Å². The summed E-state index contributed by atoms with van der Waals surface area (Å²) in [7, 11) is 0. The maximum atomic E-state index is 9.23. The molecule has 0 atom stereocenters. The van der Waals surface area contributed by atoms with Crippen LogP contribution in [0.3, 0.4) is 0 Å². The van der Waals surface area contributed by atoms with E-state index in [1.807, 2.05) is 20.8 Å². The van der Waals surface area contributed by atoms with Crippen LogP contribution in [0.5, 0.6) is 0 Å². The van der Waals surface area contributed by atoms with E-state index in [4.69, 9.17) is 0 Å². The van der Waals surface area contributed by atoms with E-state index in [0.29, 0.717) is 0 Å². The van der Waals surface area contributed by atoms with Gasteiger partial charge in [-0.1, -0.05) is 0 Å². The average Bonchev–Trinajstić information content (AvgIpc) is 1.59. The Morgan fingerprint density at radius 1 is 1.38 bits per heavy atom. The molecule has 50 valence electrons. The first-order chi connectivity index (χ1) is 3.56. The lowest BCUT2D eigenvalue weighted by Gasteiger charge is -2.15. The lowest BCUT2D eigenvalue weighted by atomic mass is 10.3. The van der Waals surface area contributed by atoms with Crippen LogP contribution in [0.25, 0.3) is 0 Å². The summed E-state index contributed by atoms with van der Waals surface area (Å²) in [4.78, 5) is 0. The molecule has 3 nitrogen and oxygen atoms in total. The van der Waals surface area contributed by atoms with Crippen molar-refractivity contribution in [3.63, 3.8) is 0 Å². The van der Waals surface area contributed by atoms with Crippen molar-refractivity contribution in [3.8, 4) is 0 Å². The first kappa shape index (κ1) is 8.23. The fraction of sp³-hybridized carbons (Fsp3) is 1.00. The molecule has 0 aliphatic carbocycles. The summed E-state index contributed by atoms with van der Waals surface area (Å²) >= 11 is 0.999. The van der Waals surface area contributed by atoms with E-state index >= 15 is 0 Å². The van der Waals surface area contributed by atoms with Crippen molar-refractivity contribution in [3.05, 3.63) is 0 Å². The summed E-state index contributed by atoms with van der Waals surface area (Å²) in [5, 5.41) is 12.4. The highest BCUT2D eigenvalue weighted by atomic mass is 32.2. The van der Waals surface area contributed by atoms with Gasteiger partial charge in [0.25, 0.3) is 0 Å². The van der Waals surface area contributed by atoms with Crippen molar-refractivity contribution < 1.29 is 14.6 Å². The first-order valence-corrected chi connectivity index (χ1v) is 2.95. The maximum absolute atomic E-state index is 9.23. The van der Waals surface area contributed by atoms with Crippen molar-refractivity contribution in [1.82, 2.24) is 0 Å². The van der Waals surface area contributed by atoms with E-state index in [0.717, 1.165) is 12.0 Å². The van der Waals surface area contributed by atoms with E-state index in [2.05, 4.69) is 9.37 Å². The maximum Gasteiger partial charge on any atom is 0.0369 e. The second kappa shape index (κ2) is 3.29. The minimum absolute atomic E-state index is 0.0790. The highest BCUT2D eigenvalue weighted by molar-refractivity contribution is 7.95. The van der Waals surface area contributed by atoms with Gasteiger partial charge in [-0.15, -0.1) is 0 Å². The molecule has 0 spiro atoms. The van der Waals surface area contributed by atoms with Crippen LogP contribution in [0, 0.1) is 0 Å². The van der Waals surface area contributed by atoms with E-state index in [1.54, 1.807) is 0 Å². The zero-order valence-electron chi connectivity index (χ0n) is 5.13. The lowest BCUT2D eigenvalue weighted by Crippen LogP contribution is -2.11. The third-order valence-electron chi connectivity index (χ3n) is 0.312. The molecule has 0 saturated carbocycles. The van der Waals surface area contributed by atoms with Gasteiger partial charge in [-0.05, 0) is 20.8 Å². The van der Waals surface area contributed by atoms with Crippen LogP contribution in [0.4, 0.5) is 0 Å². The van der Waals surface area contributed by atoms with Crippen molar-refractivity contribution in [2.24, 2.45) is 0 Å². The molecule has 0 N–H and O–H groups in total. The van der Waals surface area contributed by atoms with Crippen LogP contribution in [-0.2, 0) is 9.37 Å². The zero-order valence-corrected chi connectivity index (χ0v) is 5.95. The summed E-state index contributed by atoms with van der Waals surface area (Å²) in [6.07, 6.45) is 0. The van der Waals surface area contributed by atoms with Gasteiger partial charge >= 0.3 is 0 Å². The predicted molar refractivity (Wildman–Crippen MR) is 29.5 cm³/mol. The van der Waals surface area contributed by atoms with Crippen molar-refractivity contribution >= 4 is 12.0 Å². The second-order valence-electron chi connectivity index (χ2n) is 2.33. The van der Waals surface area contributed by atoms with Gasteiger partial charge in [0, 0.05) is 16.8 Å². The fourth-order valence-electron chi connectivity index (χ4n) is 0.116. The van der Waals surface area contributed by atoms with Gasteiger partial charge < -0.3 is 5.26 Å². The van der Waals surface area contributed by atoms with Crippen molar-refractivity contribution in [2.75, 3.05) is 0 Å². The molecule has 0 heterocycles. The molecular formula is C4H9O3S-. The summed E-state index contributed by atoms with van der Waals surface area (Å²) in [5.41, 5.74) is 0. The Balaban J connectivity index is 3.11. The minimum atomic E-state index is -0.0790. The topological polar surface area (TPSA) is 41.5 Å². The van der Waals surface area contributed by atoms with Crippen LogP contribution in [0.1, 0.15) is 20.8 Å². The van der Waals surface area contributed by atoms with Gasteiger partial charge in [-0.2, -0.15) is 4.33 Å². The van der Waals surface area contributed by atoms with Crippen LogP contribution < -0.4 is 5.26 Å². The van der Waals surface area contributed by atoms with E-state index in [9.17, 15) is 5.26 Å². The Morgan fingerprint density at radius 2 is 1.88 bits per heavy atom. The molecule has 0 unspecified atom stereocenters. The normalized spacial score (nSPS) is 12.0. The van der Waals surface area contributed by atoms with Gasteiger partial charge in [-0.3, -0.25) is 5.04 Å². The zero-order chi connectivity index (χ0) is 6.62. The SMILES string of the molecule is CC(C)(C)SOO[O-]. The van der Waals surface area contributed by atoms with Gasteiger partial charge in [0.2, 0.25) is 0 Å². The van der Waals surface area contributed by atoms with Crippen molar-refractivity contribution in [2.45, 2.75) is 25.5 Å². The van der Waals surface area contributed by atoms with E-state index in [-0.39, 0.29) is 4.75 Å². The summed E-state index contributed by atoms with van der Waals surface area (Å²) < 4.78 is 3.98. The number of hydrogen-bond acceptors (Lipinski definition) is 4. The third kappa shape index (κ3) is 6.23. The summed E-state index contributed by atoms with van der Waals surface area (Å²) in [6, 6.07) is 0. The Morgan fingerprint density at radius 3 is 2.00 bits per heavy atom. The first-order valence-electron chi connectivity index (χ1n) is 2.20. The van der Waals surface area contributed by atoms with E-state index < -0.39 is 0 Å². The minimum Gasteiger partial charge on any atom is -0.691 e. The molecule has 0 amide bonds. The molecule has 0 aliphatic rings. The van der Waals surface area contributed by atoms with Crippen molar-refractivity contribution in [1.29, 1.82) is 0 Å². The monoisotopic (exact) mass is 137 g/mol. The largest absolute Gasteiger partial charge is 0.691 e. The molecule has 0 radical (unpaired) electrons. The molecule has 8 heavy (non-hydrogen) atoms. The van der Waals surface area contributed by atoms with Gasteiger partial charge in [-0.25, -0.2) is 0 Å². The third-order valence-corrected chi connectivity index (χ3v) is 0.935. The second-order valence-corrected chi connectivity index (χ2v) is 3.86. The number of rotatable bonds is 2. The smallest absolute Gasteiger partial charge is 0.0369 e. The van der Waals surface area contributed by atoms with Gasteiger partial charge in [0.1, 0.15) is 0 Å². The average molecular weight is 137 g/mol. The Bertz CT molecular complexity index is 58.8. The standard InChI is InChI=1S/C4H10O3S/c1-4(2,3)8-7-6-5/h5H,1-3H3/p-1. The van der Waals surface area contributed by atoms with E-state index in [1.165, 1.54) is 0 Å². The molecule has 0 bridgehead atoms. The molecule has 0 aromatic rings. The molecule has 0 rings (SSSR count). The Hall–Kier alpha value is 0.230. The molecule has 0 saturated heterocycles. The van der Waals surface area contributed by atoms with Gasteiger partial charge in [0.05, 0.1) is 0 Å². The highest BCUT2D eigenvalue weighted by Crippen LogP contribution is 2.23. The molecule has 4 heteroatoms. The molecule has 0 aromatic heterocycles. The lowest BCUT2D eigenvalue weighted by molar-refractivity contribution is -0.777. The van der Waals surface area contributed by atoms with Gasteiger partial charge in [0.15, 0.2) is 0 Å². The number of hydrogen-bond donors (Lipinski definition) is 0. The fourth-order valence-corrected chi connectivity index (χ4v) is 0.348. The Kier molecular flexibility index (Phi) is 3.39. The molecular weight excluding hydrogens is 128 g/mol. The molecule has 0 fully saturated rings. The predicted octanol–water partition coefficient (Wildman–Crippen LogP) is 0.657. The van der Waals surface area contributed by atoms with Crippen LogP contribution in [-0.4, -0.2) is 4.75 Å². The molecule has 0 aromatic carbocycles. The summed E-state index contributed by atoms with van der Waals surface area (Å²) in [5.74, 6) is 0. The molecule has 0 aliphatic heterocycles.